The first kappa shape index (κ1) is 13.4. The molecular weight excluding hydrogens is 226 g/mol. The molecule has 1 aliphatic heterocycles. The predicted octanol–water partition coefficient (Wildman–Crippen LogP) is 0.408. The lowest BCUT2D eigenvalue weighted by molar-refractivity contribution is 0.178. The molecule has 1 aromatic heterocycles. The molecule has 2 heterocycles. The van der Waals surface area contributed by atoms with E-state index >= 15 is 0 Å². The minimum atomic E-state index is 0. The van der Waals surface area contributed by atoms with E-state index in [1.807, 2.05) is 13.2 Å². The van der Waals surface area contributed by atoms with E-state index in [1.54, 1.807) is 4.68 Å². The lowest BCUT2D eigenvalue weighted by Crippen LogP contribution is -2.35. The van der Waals surface area contributed by atoms with Crippen LogP contribution in [0.1, 0.15) is 18.5 Å². The zero-order valence-electron chi connectivity index (χ0n) is 9.67. The molecule has 2 N–H and O–H groups in total. The third kappa shape index (κ3) is 3.43. The second kappa shape index (κ2) is 6.18. The molecule has 0 amide bonds. The van der Waals surface area contributed by atoms with Crippen molar-refractivity contribution in [2.24, 2.45) is 18.7 Å². The maximum Gasteiger partial charge on any atom is 0.0966 e. The average Bonchev–Trinajstić information content (AvgIpc) is 2.65. The molecule has 1 saturated heterocycles. The number of hydrogen-bond acceptors (Lipinski definition) is 4. The summed E-state index contributed by atoms with van der Waals surface area (Å²) in [6, 6.07) is 0. The molecule has 92 valence electrons. The summed E-state index contributed by atoms with van der Waals surface area (Å²) in [5.41, 5.74) is 6.72. The summed E-state index contributed by atoms with van der Waals surface area (Å²) < 4.78 is 1.75. The highest BCUT2D eigenvalue weighted by molar-refractivity contribution is 5.85. The molecule has 0 aliphatic carbocycles. The number of nitrogens with two attached hydrogens (primary N) is 1. The van der Waals surface area contributed by atoms with Crippen LogP contribution in [0.3, 0.4) is 0 Å². The van der Waals surface area contributed by atoms with Gasteiger partial charge in [-0.1, -0.05) is 5.21 Å². The van der Waals surface area contributed by atoms with Gasteiger partial charge in [-0.05, 0) is 38.4 Å². The fraction of sp³-hybridized carbons (Fsp3) is 0.800. The molecule has 16 heavy (non-hydrogen) atoms. The van der Waals surface area contributed by atoms with Gasteiger partial charge in [0.05, 0.1) is 5.69 Å². The normalized spacial score (nSPS) is 18.4. The molecule has 5 nitrogen and oxygen atoms in total. The van der Waals surface area contributed by atoms with Crippen molar-refractivity contribution in [3.63, 3.8) is 0 Å². The first-order valence-electron chi connectivity index (χ1n) is 5.55. The molecule has 0 unspecified atom stereocenters. The zero-order chi connectivity index (χ0) is 10.7. The molecular formula is C10H20ClN5. The van der Waals surface area contributed by atoms with Gasteiger partial charge in [0.15, 0.2) is 0 Å². The summed E-state index contributed by atoms with van der Waals surface area (Å²) in [5.74, 6) is 0.725. The SMILES string of the molecule is Cl.Cn1cc(CN2CCC(CN)CC2)nn1. The molecule has 1 aliphatic rings. The van der Waals surface area contributed by atoms with Crippen molar-refractivity contribution in [1.82, 2.24) is 19.9 Å². The van der Waals surface area contributed by atoms with Crippen molar-refractivity contribution in [1.29, 1.82) is 0 Å². The number of aromatic nitrogens is 3. The van der Waals surface area contributed by atoms with E-state index in [1.165, 1.54) is 12.8 Å². The lowest BCUT2D eigenvalue weighted by atomic mass is 9.97. The van der Waals surface area contributed by atoms with Gasteiger partial charge in [0.25, 0.3) is 0 Å². The van der Waals surface area contributed by atoms with Crippen LogP contribution in [0.15, 0.2) is 6.20 Å². The van der Waals surface area contributed by atoms with Gasteiger partial charge in [0, 0.05) is 19.8 Å². The quantitative estimate of drug-likeness (QED) is 0.838. The summed E-state index contributed by atoms with van der Waals surface area (Å²) in [4.78, 5) is 2.43. The van der Waals surface area contributed by atoms with Crippen molar-refractivity contribution in [3.8, 4) is 0 Å². The van der Waals surface area contributed by atoms with E-state index in [0.717, 1.165) is 37.8 Å². The summed E-state index contributed by atoms with van der Waals surface area (Å²) in [6.45, 7) is 4.03. The molecule has 1 aromatic rings. The molecule has 2 rings (SSSR count). The van der Waals surface area contributed by atoms with Gasteiger partial charge in [-0.15, -0.1) is 17.5 Å². The van der Waals surface area contributed by atoms with E-state index in [9.17, 15) is 0 Å². The monoisotopic (exact) mass is 245 g/mol. The predicted molar refractivity (Wildman–Crippen MR) is 65.3 cm³/mol. The summed E-state index contributed by atoms with van der Waals surface area (Å²) in [5, 5.41) is 8.03. The number of hydrogen-bond donors (Lipinski definition) is 1. The molecule has 0 saturated carbocycles. The summed E-state index contributed by atoms with van der Waals surface area (Å²) in [7, 11) is 1.90. The Morgan fingerprint density at radius 3 is 2.62 bits per heavy atom. The standard InChI is InChI=1S/C10H19N5.ClH/c1-14-7-10(12-13-14)8-15-4-2-9(6-11)3-5-15;/h7,9H,2-6,8,11H2,1H3;1H. The van der Waals surface area contributed by atoms with Crippen LogP contribution in [0.25, 0.3) is 0 Å². The molecule has 0 bridgehead atoms. The largest absolute Gasteiger partial charge is 0.330 e. The van der Waals surface area contributed by atoms with Gasteiger partial charge in [0.1, 0.15) is 0 Å². The Labute approximate surface area is 102 Å². The van der Waals surface area contributed by atoms with Crippen LogP contribution in [-0.4, -0.2) is 39.5 Å². The van der Waals surface area contributed by atoms with Gasteiger partial charge in [0.2, 0.25) is 0 Å². The van der Waals surface area contributed by atoms with Crippen LogP contribution < -0.4 is 5.73 Å². The molecule has 0 atom stereocenters. The fourth-order valence-electron chi connectivity index (χ4n) is 2.08. The van der Waals surface area contributed by atoms with E-state index < -0.39 is 0 Å². The number of rotatable bonds is 3. The Hall–Kier alpha value is -0.650. The van der Waals surface area contributed by atoms with E-state index in [0.29, 0.717) is 0 Å². The second-order valence-corrected chi connectivity index (χ2v) is 4.34. The first-order valence-corrected chi connectivity index (χ1v) is 5.55. The van der Waals surface area contributed by atoms with Crippen molar-refractivity contribution in [2.45, 2.75) is 19.4 Å². The highest BCUT2D eigenvalue weighted by Crippen LogP contribution is 2.16. The third-order valence-corrected chi connectivity index (χ3v) is 3.08. The van der Waals surface area contributed by atoms with Crippen LogP contribution in [-0.2, 0) is 13.6 Å². The maximum absolute atomic E-state index is 5.66. The number of halogens is 1. The fourth-order valence-corrected chi connectivity index (χ4v) is 2.08. The van der Waals surface area contributed by atoms with Crippen molar-refractivity contribution in [2.75, 3.05) is 19.6 Å². The second-order valence-electron chi connectivity index (χ2n) is 4.34. The van der Waals surface area contributed by atoms with Gasteiger partial charge in [-0.2, -0.15) is 0 Å². The average molecular weight is 246 g/mol. The zero-order valence-corrected chi connectivity index (χ0v) is 10.5. The minimum Gasteiger partial charge on any atom is -0.330 e. The van der Waals surface area contributed by atoms with Crippen molar-refractivity contribution < 1.29 is 0 Å². The number of nitrogens with zero attached hydrogens (tertiary/aromatic N) is 4. The third-order valence-electron chi connectivity index (χ3n) is 3.08. The van der Waals surface area contributed by atoms with Gasteiger partial charge in [-0.3, -0.25) is 9.58 Å². The van der Waals surface area contributed by atoms with Gasteiger partial charge in [-0.25, -0.2) is 0 Å². The Kier molecular flexibility index (Phi) is 5.18. The Morgan fingerprint density at radius 1 is 1.44 bits per heavy atom. The van der Waals surface area contributed by atoms with Crippen molar-refractivity contribution in [3.05, 3.63) is 11.9 Å². The number of likely N-dealkylation sites (tertiary alicyclic amines) is 1. The number of aryl methyl sites for hydroxylation is 1. The molecule has 0 radical (unpaired) electrons. The van der Waals surface area contributed by atoms with E-state index in [-0.39, 0.29) is 12.4 Å². The minimum absolute atomic E-state index is 0. The molecule has 1 fully saturated rings. The van der Waals surface area contributed by atoms with Crippen LogP contribution in [0.5, 0.6) is 0 Å². The number of piperidine rings is 1. The Bertz CT molecular complexity index is 306. The van der Waals surface area contributed by atoms with Gasteiger partial charge >= 0.3 is 0 Å². The summed E-state index contributed by atoms with van der Waals surface area (Å²) >= 11 is 0. The molecule has 6 heteroatoms. The van der Waals surface area contributed by atoms with Crippen LogP contribution in [0.4, 0.5) is 0 Å². The van der Waals surface area contributed by atoms with Crippen LogP contribution in [0, 0.1) is 5.92 Å². The highest BCUT2D eigenvalue weighted by Gasteiger charge is 2.18. The molecule has 0 aromatic carbocycles. The lowest BCUT2D eigenvalue weighted by Gasteiger charge is -2.30. The topological polar surface area (TPSA) is 60.0 Å². The summed E-state index contributed by atoms with van der Waals surface area (Å²) in [6.07, 6.45) is 4.42. The van der Waals surface area contributed by atoms with E-state index in [4.69, 9.17) is 5.73 Å². The maximum atomic E-state index is 5.66. The van der Waals surface area contributed by atoms with E-state index in [2.05, 4.69) is 15.2 Å². The van der Waals surface area contributed by atoms with Gasteiger partial charge < -0.3 is 5.73 Å². The Balaban J connectivity index is 0.00000128. The first-order chi connectivity index (χ1) is 7.28. The Morgan fingerprint density at radius 2 is 2.12 bits per heavy atom. The van der Waals surface area contributed by atoms with Crippen molar-refractivity contribution >= 4 is 12.4 Å². The smallest absolute Gasteiger partial charge is 0.0966 e. The highest BCUT2D eigenvalue weighted by atomic mass is 35.5. The van der Waals surface area contributed by atoms with Crippen LogP contribution in [0.2, 0.25) is 0 Å². The molecule has 0 spiro atoms. The van der Waals surface area contributed by atoms with Crippen LogP contribution >= 0.6 is 12.4 Å².